The summed E-state index contributed by atoms with van der Waals surface area (Å²) >= 11 is 0. The van der Waals surface area contributed by atoms with E-state index in [1.54, 1.807) is 12.4 Å². The standard InChI is InChI=1S/C45H57N11O9/c1-24(57)39(40(49)60)56-45(65)35(18-25-13-15-28(58)16-14-25)54-42(62)34(12-6-7-17-46)52-43(63)37(20-27-23-51-33-11-5-3-9-30(27)33)55-44(64)36(53-41(61)31(47)21-38(48)59)19-26-22-50-32-10-4-2-8-29(26)32/h2-5,8-11,13-16,22-24,31,34-37,39,50-51,57-58H,6-7,12,17-21,46-47H2,1H3,(H2,48,59)(H2,49,60)(H,52,63)(H,53,61)(H,54,62)(H,55,64)(H,56,65)/t24-,31+,34+,35+,36+,37+,39+/m1/s1. The summed E-state index contributed by atoms with van der Waals surface area (Å²) in [5.41, 5.74) is 25.8. The number of benzene rings is 3. The molecule has 0 spiro atoms. The van der Waals surface area contributed by atoms with Crippen molar-refractivity contribution in [2.45, 2.75) is 94.2 Å². The molecule has 20 heteroatoms. The Bertz CT molecular complexity index is 2470. The zero-order valence-corrected chi connectivity index (χ0v) is 35.8. The highest BCUT2D eigenvalue weighted by molar-refractivity contribution is 5.98. The third-order valence-corrected chi connectivity index (χ3v) is 10.9. The van der Waals surface area contributed by atoms with Gasteiger partial charge in [0.05, 0.1) is 18.6 Å². The monoisotopic (exact) mass is 895 g/mol. The van der Waals surface area contributed by atoms with Crippen molar-refractivity contribution in [2.75, 3.05) is 6.54 Å². The number of carbonyl (C=O) groups excluding carboxylic acids is 7. The summed E-state index contributed by atoms with van der Waals surface area (Å²) in [7, 11) is 0. The molecule has 5 rings (SSSR count). The molecule has 7 atom stereocenters. The molecule has 3 aromatic carbocycles. The van der Waals surface area contributed by atoms with Crippen molar-refractivity contribution in [3.63, 3.8) is 0 Å². The zero-order valence-electron chi connectivity index (χ0n) is 35.8. The van der Waals surface area contributed by atoms with E-state index in [9.17, 15) is 43.8 Å². The Labute approximate surface area is 374 Å². The van der Waals surface area contributed by atoms with Crippen LogP contribution in [0.1, 0.15) is 49.3 Å². The highest BCUT2D eigenvalue weighted by Gasteiger charge is 2.34. The van der Waals surface area contributed by atoms with Crippen LogP contribution in [0.5, 0.6) is 5.75 Å². The fraction of sp³-hybridized carbons (Fsp3) is 0.356. The van der Waals surface area contributed by atoms with Crippen LogP contribution in [0.2, 0.25) is 0 Å². The second kappa shape index (κ2) is 22.9. The predicted molar refractivity (Wildman–Crippen MR) is 241 cm³/mol. The number of para-hydroxylation sites is 2. The topological polar surface area (TPSA) is 356 Å². The minimum absolute atomic E-state index is 0.0445. The molecule has 0 fully saturated rings. The van der Waals surface area contributed by atoms with E-state index in [1.807, 2.05) is 48.5 Å². The summed E-state index contributed by atoms with van der Waals surface area (Å²) in [5, 5.41) is 34.8. The Hall–Kier alpha value is -7.29. The number of phenols is 1. The van der Waals surface area contributed by atoms with Crippen LogP contribution < -0.4 is 49.5 Å². The lowest BCUT2D eigenvalue weighted by molar-refractivity contribution is -0.135. The van der Waals surface area contributed by atoms with Gasteiger partial charge in [-0.25, -0.2) is 0 Å². The van der Waals surface area contributed by atoms with Crippen LogP contribution in [-0.2, 0) is 52.8 Å². The first kappa shape index (κ1) is 48.7. The van der Waals surface area contributed by atoms with Crippen molar-refractivity contribution in [3.05, 3.63) is 102 Å². The molecule has 346 valence electrons. The fourth-order valence-electron chi connectivity index (χ4n) is 7.39. The number of aliphatic hydroxyl groups excluding tert-OH is 1. The number of amides is 7. The number of aromatic hydroxyl groups is 1. The van der Waals surface area contributed by atoms with E-state index < -0.39 is 90.1 Å². The van der Waals surface area contributed by atoms with Gasteiger partial charge in [-0.15, -0.1) is 0 Å². The van der Waals surface area contributed by atoms with Crippen molar-refractivity contribution < 1.29 is 43.8 Å². The Balaban J connectivity index is 1.46. The molecule has 0 aliphatic rings. The fourth-order valence-corrected chi connectivity index (χ4v) is 7.39. The van der Waals surface area contributed by atoms with E-state index in [0.717, 1.165) is 21.8 Å². The highest BCUT2D eigenvalue weighted by Crippen LogP contribution is 2.22. The third-order valence-electron chi connectivity index (χ3n) is 10.9. The normalized spacial score (nSPS) is 14.5. The van der Waals surface area contributed by atoms with Gasteiger partial charge in [-0.1, -0.05) is 48.5 Å². The average Bonchev–Trinajstić information content (AvgIpc) is 3.88. The number of fused-ring (bicyclic) bond motifs is 2. The molecule has 2 heterocycles. The predicted octanol–water partition coefficient (Wildman–Crippen LogP) is -0.995. The Morgan fingerprint density at radius 3 is 1.57 bits per heavy atom. The van der Waals surface area contributed by atoms with Gasteiger partial charge in [0.15, 0.2) is 0 Å². The molecule has 0 unspecified atom stereocenters. The van der Waals surface area contributed by atoms with Crippen molar-refractivity contribution in [3.8, 4) is 5.75 Å². The minimum Gasteiger partial charge on any atom is -0.508 e. The quantitative estimate of drug-likeness (QED) is 0.0333. The van der Waals surface area contributed by atoms with Gasteiger partial charge in [-0.2, -0.15) is 0 Å². The summed E-state index contributed by atoms with van der Waals surface area (Å²) in [6.45, 7) is 1.53. The number of hydrogen-bond acceptors (Lipinski definition) is 11. The maximum atomic E-state index is 14.6. The van der Waals surface area contributed by atoms with Crippen LogP contribution in [-0.4, -0.2) is 110 Å². The second-order valence-corrected chi connectivity index (χ2v) is 15.9. The van der Waals surface area contributed by atoms with Crippen LogP contribution in [0.15, 0.2) is 85.2 Å². The Morgan fingerprint density at radius 2 is 1.08 bits per heavy atom. The summed E-state index contributed by atoms with van der Waals surface area (Å²) in [4.78, 5) is 100. The molecule has 0 bridgehead atoms. The van der Waals surface area contributed by atoms with E-state index in [2.05, 4.69) is 36.6 Å². The number of primary amides is 2. The van der Waals surface area contributed by atoms with E-state index in [4.69, 9.17) is 22.9 Å². The number of carbonyl (C=O) groups is 7. The third kappa shape index (κ3) is 13.6. The van der Waals surface area contributed by atoms with Gasteiger partial charge in [0.2, 0.25) is 41.4 Å². The maximum absolute atomic E-state index is 14.6. The van der Waals surface area contributed by atoms with Gasteiger partial charge < -0.3 is 69.7 Å². The van der Waals surface area contributed by atoms with Crippen LogP contribution in [0, 0.1) is 0 Å². The summed E-state index contributed by atoms with van der Waals surface area (Å²) in [5.74, 6) is -5.97. The van der Waals surface area contributed by atoms with Crippen molar-refractivity contribution in [2.24, 2.45) is 22.9 Å². The number of unbranched alkanes of at least 4 members (excludes halogenated alkanes) is 1. The summed E-state index contributed by atoms with van der Waals surface area (Å²) in [6, 6.07) is 12.2. The molecular formula is C45H57N11O9. The van der Waals surface area contributed by atoms with Gasteiger partial charge in [0.25, 0.3) is 0 Å². The van der Waals surface area contributed by atoms with Gasteiger partial charge in [-0.05, 0) is 73.7 Å². The van der Waals surface area contributed by atoms with Gasteiger partial charge in [-0.3, -0.25) is 33.6 Å². The first-order valence-corrected chi connectivity index (χ1v) is 21.2. The van der Waals surface area contributed by atoms with Crippen molar-refractivity contribution >= 4 is 63.2 Å². The van der Waals surface area contributed by atoms with E-state index >= 15 is 0 Å². The summed E-state index contributed by atoms with van der Waals surface area (Å²) < 4.78 is 0. The largest absolute Gasteiger partial charge is 0.508 e. The Kier molecular flexibility index (Phi) is 17.2. The second-order valence-electron chi connectivity index (χ2n) is 15.9. The molecule has 65 heavy (non-hydrogen) atoms. The van der Waals surface area contributed by atoms with Crippen molar-refractivity contribution in [1.29, 1.82) is 0 Å². The number of hydrogen-bond donors (Lipinski definition) is 13. The van der Waals surface area contributed by atoms with Crippen LogP contribution in [0.3, 0.4) is 0 Å². The molecule has 20 nitrogen and oxygen atoms in total. The molecule has 0 aliphatic heterocycles. The lowest BCUT2D eigenvalue weighted by Crippen LogP contribution is -2.61. The highest BCUT2D eigenvalue weighted by atomic mass is 16.3. The van der Waals surface area contributed by atoms with E-state index in [0.29, 0.717) is 29.5 Å². The number of nitrogens with two attached hydrogens (primary N) is 4. The SMILES string of the molecule is C[C@@H](O)[C@H](NC(=O)[C@H](Cc1ccc(O)cc1)NC(=O)[C@H](CCCCN)NC(=O)[C@H](Cc1c[nH]c2ccccc12)NC(=O)[C@H](Cc1c[nH]c2ccccc12)NC(=O)[C@@H](N)CC(N)=O)C(N)=O. The summed E-state index contributed by atoms with van der Waals surface area (Å²) in [6.07, 6.45) is 2.09. The van der Waals surface area contributed by atoms with Crippen LogP contribution in [0.25, 0.3) is 21.8 Å². The first-order valence-electron chi connectivity index (χ1n) is 21.2. The van der Waals surface area contributed by atoms with E-state index in [1.165, 1.54) is 31.2 Å². The van der Waals surface area contributed by atoms with Gasteiger partial charge in [0.1, 0.15) is 36.0 Å². The van der Waals surface area contributed by atoms with E-state index in [-0.39, 0.29) is 38.0 Å². The minimum atomic E-state index is -1.50. The number of H-pyrrole nitrogens is 2. The number of aromatic amines is 2. The molecular weight excluding hydrogens is 839 g/mol. The van der Waals surface area contributed by atoms with Gasteiger partial charge >= 0.3 is 0 Å². The lowest BCUT2D eigenvalue weighted by atomic mass is 10.00. The zero-order chi connectivity index (χ0) is 47.2. The molecule has 5 aromatic rings. The molecule has 17 N–H and O–H groups in total. The Morgan fingerprint density at radius 1 is 0.615 bits per heavy atom. The smallest absolute Gasteiger partial charge is 0.243 e. The number of aliphatic hydroxyl groups is 1. The number of nitrogens with one attached hydrogen (secondary N) is 7. The average molecular weight is 896 g/mol. The molecule has 0 aliphatic carbocycles. The lowest BCUT2D eigenvalue weighted by Gasteiger charge is -2.28. The van der Waals surface area contributed by atoms with Gasteiger partial charge in [0, 0.05) is 53.5 Å². The number of aromatic nitrogens is 2. The van der Waals surface area contributed by atoms with Crippen LogP contribution in [0.4, 0.5) is 0 Å². The van der Waals surface area contributed by atoms with Crippen molar-refractivity contribution in [1.82, 2.24) is 36.6 Å². The number of phenolic OH excluding ortho intramolecular Hbond substituents is 1. The number of rotatable bonds is 24. The molecule has 0 saturated heterocycles. The maximum Gasteiger partial charge on any atom is 0.243 e. The van der Waals surface area contributed by atoms with Crippen LogP contribution >= 0.6 is 0 Å². The molecule has 0 radical (unpaired) electrons. The first-order chi connectivity index (χ1) is 31.0. The molecule has 2 aromatic heterocycles. The molecule has 0 saturated carbocycles. The molecule has 7 amide bonds.